The lowest BCUT2D eigenvalue weighted by atomic mass is 9.81. The number of hydrogen-bond acceptors (Lipinski definition) is 2. The maximum atomic E-state index is 11.3. The minimum absolute atomic E-state index is 0.116. The summed E-state index contributed by atoms with van der Waals surface area (Å²) < 4.78 is 0. The van der Waals surface area contributed by atoms with Gasteiger partial charge in [-0.25, -0.2) is 0 Å². The molecule has 1 N–H and O–H groups in total. The number of carbonyl (C=O) groups is 2. The van der Waals surface area contributed by atoms with Crippen molar-refractivity contribution in [3.05, 3.63) is 24.3 Å². The van der Waals surface area contributed by atoms with Crippen molar-refractivity contribution in [3.63, 3.8) is 0 Å². The highest BCUT2D eigenvalue weighted by Crippen LogP contribution is 2.33. The van der Waals surface area contributed by atoms with Crippen molar-refractivity contribution < 1.29 is 9.59 Å². The minimum atomic E-state index is -0.148. The van der Waals surface area contributed by atoms with Gasteiger partial charge in [-0.05, 0) is 12.8 Å². The third kappa shape index (κ3) is 1.20. The van der Waals surface area contributed by atoms with E-state index in [2.05, 4.69) is 11.9 Å². The fourth-order valence-corrected chi connectivity index (χ4v) is 1.96. The normalized spacial score (nSPS) is 32.2. The van der Waals surface area contributed by atoms with Gasteiger partial charge in [-0.3, -0.25) is 14.9 Å². The number of amides is 2. The number of imide groups is 1. The molecule has 1 fully saturated rings. The molecule has 0 aromatic rings. The van der Waals surface area contributed by atoms with Gasteiger partial charge in [0.15, 0.2) is 0 Å². The summed E-state index contributed by atoms with van der Waals surface area (Å²) in [6, 6.07) is 0. The van der Waals surface area contributed by atoms with E-state index < -0.39 is 0 Å². The Morgan fingerprint density at radius 3 is 2.77 bits per heavy atom. The van der Waals surface area contributed by atoms with Crippen molar-refractivity contribution >= 4 is 11.8 Å². The zero-order valence-electron chi connectivity index (χ0n) is 7.25. The Labute approximate surface area is 76.5 Å². The Morgan fingerprint density at radius 2 is 2.08 bits per heavy atom. The van der Waals surface area contributed by atoms with Crippen LogP contribution in [0.25, 0.3) is 0 Å². The van der Waals surface area contributed by atoms with Gasteiger partial charge in [0.1, 0.15) is 0 Å². The Balaban J connectivity index is 2.25. The summed E-state index contributed by atoms with van der Waals surface area (Å²) in [5.41, 5.74) is 1.08. The van der Waals surface area contributed by atoms with Crippen LogP contribution in [0.5, 0.6) is 0 Å². The topological polar surface area (TPSA) is 46.2 Å². The standard InChI is InChI=1S/C10H11NO2/c1-2-6-3-4-7-8(5-6)10(13)11-9(7)12/h2-3,7-8H,1,4-5H2,(H,11,12,13). The molecule has 0 bridgehead atoms. The molecule has 0 aromatic heterocycles. The highest BCUT2D eigenvalue weighted by Gasteiger charge is 2.42. The molecule has 13 heavy (non-hydrogen) atoms. The number of rotatable bonds is 1. The van der Waals surface area contributed by atoms with Crippen LogP contribution < -0.4 is 5.32 Å². The molecule has 2 aliphatic rings. The molecule has 3 nitrogen and oxygen atoms in total. The van der Waals surface area contributed by atoms with Crippen LogP contribution in [0.15, 0.2) is 24.3 Å². The van der Waals surface area contributed by atoms with E-state index in [1.165, 1.54) is 0 Å². The van der Waals surface area contributed by atoms with Crippen LogP contribution in [0.4, 0.5) is 0 Å². The summed E-state index contributed by atoms with van der Waals surface area (Å²) in [6.45, 7) is 3.66. The molecule has 2 atom stereocenters. The average Bonchev–Trinajstić information content (AvgIpc) is 2.42. The molecule has 1 heterocycles. The molecule has 0 spiro atoms. The number of nitrogens with one attached hydrogen (secondary N) is 1. The van der Waals surface area contributed by atoms with Crippen LogP contribution >= 0.6 is 0 Å². The zero-order valence-corrected chi connectivity index (χ0v) is 7.25. The van der Waals surface area contributed by atoms with Crippen molar-refractivity contribution in [3.8, 4) is 0 Å². The molecule has 2 amide bonds. The van der Waals surface area contributed by atoms with Gasteiger partial charge in [-0.15, -0.1) is 0 Å². The number of carbonyl (C=O) groups excluding carboxylic acids is 2. The first-order chi connectivity index (χ1) is 6.22. The largest absolute Gasteiger partial charge is 0.296 e. The summed E-state index contributed by atoms with van der Waals surface area (Å²) in [5, 5.41) is 2.36. The van der Waals surface area contributed by atoms with Crippen LogP contribution in [-0.2, 0) is 9.59 Å². The van der Waals surface area contributed by atoms with Gasteiger partial charge < -0.3 is 0 Å². The van der Waals surface area contributed by atoms with Crippen LogP contribution in [0.2, 0.25) is 0 Å². The molecule has 2 unspecified atom stereocenters. The van der Waals surface area contributed by atoms with Gasteiger partial charge in [0.2, 0.25) is 11.8 Å². The van der Waals surface area contributed by atoms with Gasteiger partial charge in [0.05, 0.1) is 11.8 Å². The second-order valence-electron chi connectivity index (χ2n) is 3.49. The average molecular weight is 177 g/mol. The summed E-state index contributed by atoms with van der Waals surface area (Å²) in [5.74, 6) is -0.515. The predicted octanol–water partition coefficient (Wildman–Crippen LogP) is 0.781. The molecule has 0 aromatic carbocycles. The Kier molecular flexibility index (Phi) is 1.79. The molecule has 1 aliphatic carbocycles. The van der Waals surface area contributed by atoms with Gasteiger partial charge in [0.25, 0.3) is 0 Å². The molecular weight excluding hydrogens is 166 g/mol. The molecule has 2 rings (SSSR count). The molecule has 1 saturated heterocycles. The Morgan fingerprint density at radius 1 is 1.38 bits per heavy atom. The van der Waals surface area contributed by atoms with E-state index in [0.29, 0.717) is 12.8 Å². The number of hydrogen-bond donors (Lipinski definition) is 1. The van der Waals surface area contributed by atoms with E-state index >= 15 is 0 Å². The lowest BCUT2D eigenvalue weighted by molar-refractivity contribution is -0.126. The second-order valence-corrected chi connectivity index (χ2v) is 3.49. The lowest BCUT2D eigenvalue weighted by Crippen LogP contribution is -2.22. The van der Waals surface area contributed by atoms with Crippen molar-refractivity contribution in [1.29, 1.82) is 0 Å². The van der Waals surface area contributed by atoms with Crippen LogP contribution in [-0.4, -0.2) is 11.8 Å². The third-order valence-corrected chi connectivity index (χ3v) is 2.76. The van der Waals surface area contributed by atoms with E-state index in [1.807, 2.05) is 6.08 Å². The number of allylic oxidation sites excluding steroid dienone is 3. The van der Waals surface area contributed by atoms with Crippen molar-refractivity contribution in [1.82, 2.24) is 5.32 Å². The van der Waals surface area contributed by atoms with Crippen molar-refractivity contribution in [2.45, 2.75) is 12.8 Å². The molecule has 1 aliphatic heterocycles. The van der Waals surface area contributed by atoms with E-state index in [0.717, 1.165) is 5.57 Å². The van der Waals surface area contributed by atoms with Crippen LogP contribution in [0.1, 0.15) is 12.8 Å². The smallest absolute Gasteiger partial charge is 0.230 e. The maximum Gasteiger partial charge on any atom is 0.230 e. The minimum Gasteiger partial charge on any atom is -0.296 e. The first-order valence-electron chi connectivity index (χ1n) is 4.38. The van der Waals surface area contributed by atoms with Gasteiger partial charge in [0, 0.05) is 0 Å². The first kappa shape index (κ1) is 8.23. The predicted molar refractivity (Wildman–Crippen MR) is 47.6 cm³/mol. The van der Waals surface area contributed by atoms with E-state index in [9.17, 15) is 9.59 Å². The highest BCUT2D eigenvalue weighted by atomic mass is 16.2. The summed E-state index contributed by atoms with van der Waals surface area (Å²) >= 11 is 0. The summed E-state index contributed by atoms with van der Waals surface area (Å²) in [7, 11) is 0. The van der Waals surface area contributed by atoms with Gasteiger partial charge >= 0.3 is 0 Å². The van der Waals surface area contributed by atoms with Crippen molar-refractivity contribution in [2.24, 2.45) is 11.8 Å². The third-order valence-electron chi connectivity index (χ3n) is 2.76. The fraction of sp³-hybridized carbons (Fsp3) is 0.400. The zero-order chi connectivity index (χ0) is 9.42. The van der Waals surface area contributed by atoms with Crippen molar-refractivity contribution in [2.75, 3.05) is 0 Å². The molecule has 3 heteroatoms. The second kappa shape index (κ2) is 2.83. The molecule has 68 valence electrons. The lowest BCUT2D eigenvalue weighted by Gasteiger charge is -2.19. The SMILES string of the molecule is C=CC1=CCC2C(=O)NC(=O)C2C1. The first-order valence-corrected chi connectivity index (χ1v) is 4.38. The quantitative estimate of drug-likeness (QED) is 0.602. The van der Waals surface area contributed by atoms with E-state index in [-0.39, 0.29) is 23.7 Å². The van der Waals surface area contributed by atoms with Gasteiger partial charge in [-0.1, -0.05) is 24.3 Å². The van der Waals surface area contributed by atoms with E-state index in [4.69, 9.17) is 0 Å². The maximum absolute atomic E-state index is 11.3. The summed E-state index contributed by atoms with van der Waals surface area (Å²) in [6.07, 6.45) is 5.08. The molecule has 0 saturated carbocycles. The van der Waals surface area contributed by atoms with E-state index in [1.54, 1.807) is 6.08 Å². The number of fused-ring (bicyclic) bond motifs is 1. The van der Waals surface area contributed by atoms with Crippen LogP contribution in [0, 0.1) is 11.8 Å². The van der Waals surface area contributed by atoms with Gasteiger partial charge in [-0.2, -0.15) is 0 Å². The summed E-state index contributed by atoms with van der Waals surface area (Å²) in [4.78, 5) is 22.5. The Bertz CT molecular complexity index is 317. The molecular formula is C10H11NO2. The van der Waals surface area contributed by atoms with Crippen LogP contribution in [0.3, 0.4) is 0 Å². The Hall–Kier alpha value is -1.38. The monoisotopic (exact) mass is 177 g/mol. The highest BCUT2D eigenvalue weighted by molar-refractivity contribution is 6.05. The molecule has 0 radical (unpaired) electrons. The fourth-order valence-electron chi connectivity index (χ4n) is 1.96.